The van der Waals surface area contributed by atoms with Crippen LogP contribution in [0.25, 0.3) is 10.9 Å². The maximum atomic E-state index is 13.3. The molecule has 1 aliphatic rings. The number of nitrogens with zero attached hydrogens (tertiary/aromatic N) is 3. The van der Waals surface area contributed by atoms with E-state index in [1.54, 1.807) is 23.4 Å². The number of amides is 1. The number of H-pyrrole nitrogens is 1. The molecule has 2 aromatic rings. The van der Waals surface area contributed by atoms with Crippen LogP contribution in [0.3, 0.4) is 0 Å². The van der Waals surface area contributed by atoms with Crippen molar-refractivity contribution >= 4 is 39.4 Å². The van der Waals surface area contributed by atoms with Gasteiger partial charge in [0, 0.05) is 31.9 Å². The minimum Gasteiger partial charge on any atom is -0.494 e. The minimum atomic E-state index is -0.607. The van der Waals surface area contributed by atoms with E-state index in [2.05, 4.69) is 28.1 Å². The molecule has 0 aromatic carbocycles. The zero-order chi connectivity index (χ0) is 30.9. The van der Waals surface area contributed by atoms with Crippen LogP contribution in [0.2, 0.25) is 0 Å². The van der Waals surface area contributed by atoms with Crippen molar-refractivity contribution < 1.29 is 19.1 Å². The number of rotatable bonds is 9. The lowest BCUT2D eigenvalue weighted by Crippen LogP contribution is -2.41. The highest BCUT2D eigenvalue weighted by molar-refractivity contribution is 8.16. The highest BCUT2D eigenvalue weighted by Gasteiger charge is 2.30. The van der Waals surface area contributed by atoms with Crippen molar-refractivity contribution in [2.75, 3.05) is 34.4 Å². The molecule has 0 unspecified atom stereocenters. The number of hydrogen-bond acceptors (Lipinski definition) is 7. The van der Waals surface area contributed by atoms with E-state index in [9.17, 15) is 9.59 Å². The van der Waals surface area contributed by atoms with Crippen molar-refractivity contribution in [3.63, 3.8) is 0 Å². The Morgan fingerprint density at radius 2 is 1.78 bits per heavy atom. The van der Waals surface area contributed by atoms with E-state index in [1.165, 1.54) is 43.9 Å². The zero-order valence-electron chi connectivity index (χ0n) is 25.7. The van der Waals surface area contributed by atoms with Gasteiger partial charge in [-0.15, -0.1) is 0 Å². The van der Waals surface area contributed by atoms with Crippen LogP contribution >= 0.6 is 11.8 Å². The molecule has 0 atom stereocenters. The van der Waals surface area contributed by atoms with Gasteiger partial charge in [-0.1, -0.05) is 82.5 Å². The third-order valence-corrected chi connectivity index (χ3v) is 6.82. The molecule has 8 nitrogen and oxygen atoms in total. The first-order valence-corrected chi connectivity index (χ1v) is 14.7. The Morgan fingerprint density at radius 1 is 1.12 bits per heavy atom. The first-order valence-electron chi connectivity index (χ1n) is 13.8. The Balaban J connectivity index is 0.00000201. The summed E-state index contributed by atoms with van der Waals surface area (Å²) in [6.45, 7) is 18.5. The molecule has 1 amide bonds. The Hall–Kier alpha value is -3.85. The number of hydrogen-bond donors (Lipinski definition) is 1. The summed E-state index contributed by atoms with van der Waals surface area (Å²) >= 11 is 1.46. The molecule has 0 aliphatic carbocycles. The smallest absolute Gasteiger partial charge is 0.295 e. The van der Waals surface area contributed by atoms with E-state index in [4.69, 9.17) is 9.47 Å². The summed E-state index contributed by atoms with van der Waals surface area (Å²) in [5.41, 5.74) is 3.91. The standard InChI is InChI=1S/C28H32N4O4S.2C2H6/c1-7-10-18(11-8-2)22(27(29-4)37-9-3)19-12-14-32(15-13-19)28(34)25(33)20-16-30-24-23(20)21(35-5)17-31-26(24)36-6;2*1-2/h7-11,16-17,30H,1,3,12-15H2,2,4-6H3;2*1-2H3/b11-8-,18-10+,29-27?;;. The maximum Gasteiger partial charge on any atom is 0.295 e. The number of Topliss-reactive ketones (excluding diaryl/α,β-unsaturated/α-hetero) is 1. The molecule has 1 fully saturated rings. The van der Waals surface area contributed by atoms with Gasteiger partial charge in [0.2, 0.25) is 5.88 Å². The molecule has 3 rings (SSSR count). The van der Waals surface area contributed by atoms with E-state index in [-0.39, 0.29) is 5.56 Å². The van der Waals surface area contributed by atoms with Crippen LogP contribution in [-0.4, -0.2) is 66.0 Å². The number of carbonyl (C=O) groups excluding carboxylic acids is 2. The number of aromatic nitrogens is 2. The van der Waals surface area contributed by atoms with Crippen LogP contribution in [0, 0.1) is 0 Å². The number of pyridine rings is 1. The van der Waals surface area contributed by atoms with Crippen molar-refractivity contribution in [3.8, 4) is 11.6 Å². The molecule has 0 spiro atoms. The second-order valence-corrected chi connectivity index (χ2v) is 9.01. The average molecular weight is 581 g/mol. The van der Waals surface area contributed by atoms with Crippen LogP contribution < -0.4 is 9.47 Å². The molecule has 3 heterocycles. The lowest BCUT2D eigenvalue weighted by atomic mass is 9.92. The summed E-state index contributed by atoms with van der Waals surface area (Å²) in [5, 5.41) is 3.07. The van der Waals surface area contributed by atoms with Crippen molar-refractivity contribution in [1.29, 1.82) is 0 Å². The monoisotopic (exact) mass is 580 g/mol. The molecule has 1 saturated heterocycles. The van der Waals surface area contributed by atoms with Gasteiger partial charge < -0.3 is 19.4 Å². The Bertz CT molecular complexity index is 1320. The summed E-state index contributed by atoms with van der Waals surface area (Å²) in [6.07, 6.45) is 11.9. The number of aliphatic imine (C=N–C) groups is 1. The van der Waals surface area contributed by atoms with Gasteiger partial charge in [-0.05, 0) is 30.7 Å². The Labute approximate surface area is 249 Å². The molecule has 0 saturated carbocycles. The first-order chi connectivity index (χ1) is 19.9. The third kappa shape index (κ3) is 8.33. The van der Waals surface area contributed by atoms with Crippen LogP contribution in [0.1, 0.15) is 57.8 Å². The highest BCUT2D eigenvalue weighted by Crippen LogP contribution is 2.34. The summed E-state index contributed by atoms with van der Waals surface area (Å²) in [7, 11) is 4.73. The number of likely N-dealkylation sites (tertiary alicyclic amines) is 1. The van der Waals surface area contributed by atoms with E-state index in [0.29, 0.717) is 48.5 Å². The second-order valence-electron chi connectivity index (χ2n) is 8.06. The fraction of sp³-hybridized carbons (Fsp3) is 0.375. The lowest BCUT2D eigenvalue weighted by Gasteiger charge is -2.30. The number of carbonyl (C=O) groups is 2. The van der Waals surface area contributed by atoms with Crippen LogP contribution in [-0.2, 0) is 4.79 Å². The van der Waals surface area contributed by atoms with Crippen LogP contribution in [0.4, 0.5) is 0 Å². The molecule has 222 valence electrons. The molecule has 41 heavy (non-hydrogen) atoms. The number of nitrogens with one attached hydrogen (secondary N) is 1. The SMILES string of the molecule is C=C/C=C(\C=C/C)C(C(=NC)SC=C)=C1CCN(C(=O)C(=O)c2c[nH]c3c(OC)ncc(OC)c23)CC1.CC.CC. The van der Waals surface area contributed by atoms with E-state index in [0.717, 1.165) is 16.2 Å². The summed E-state index contributed by atoms with van der Waals surface area (Å²) in [6, 6.07) is 0. The molecule has 9 heteroatoms. The van der Waals surface area contributed by atoms with Gasteiger partial charge in [0.15, 0.2) is 0 Å². The fourth-order valence-corrected chi connectivity index (χ4v) is 5.02. The number of methoxy groups -OCH3 is 2. The Morgan fingerprint density at radius 3 is 2.29 bits per heavy atom. The average Bonchev–Trinajstić information content (AvgIpc) is 3.47. The van der Waals surface area contributed by atoms with Crippen LogP contribution in [0.15, 0.2) is 77.0 Å². The number of allylic oxidation sites excluding steroid dienone is 5. The highest BCUT2D eigenvalue weighted by atomic mass is 32.2. The number of fused-ring (bicyclic) bond motifs is 1. The van der Waals surface area contributed by atoms with Gasteiger partial charge >= 0.3 is 0 Å². The number of thioether (sulfide) groups is 1. The van der Waals surface area contributed by atoms with Crippen molar-refractivity contribution in [1.82, 2.24) is 14.9 Å². The predicted molar refractivity (Wildman–Crippen MR) is 173 cm³/mol. The Kier molecular flexibility index (Phi) is 15.9. The molecule has 1 N–H and O–H groups in total. The minimum absolute atomic E-state index is 0.228. The maximum absolute atomic E-state index is 13.3. The van der Waals surface area contributed by atoms with E-state index >= 15 is 0 Å². The quantitative estimate of drug-likeness (QED) is 0.110. The topological polar surface area (TPSA) is 96.9 Å². The normalized spacial score (nSPS) is 13.6. The van der Waals surface area contributed by atoms with Gasteiger partial charge in [-0.2, -0.15) is 0 Å². The van der Waals surface area contributed by atoms with Gasteiger partial charge in [0.1, 0.15) is 16.3 Å². The van der Waals surface area contributed by atoms with E-state index in [1.807, 2.05) is 52.8 Å². The number of ether oxygens (including phenoxy) is 2. The van der Waals surface area contributed by atoms with Crippen LogP contribution in [0.5, 0.6) is 11.6 Å². The first kappa shape index (κ1) is 35.2. The molecular formula is C32H44N4O4S. The van der Waals surface area contributed by atoms with E-state index < -0.39 is 11.7 Å². The third-order valence-electron chi connectivity index (χ3n) is 6.04. The van der Waals surface area contributed by atoms with Gasteiger partial charge in [0.25, 0.3) is 11.7 Å². The van der Waals surface area contributed by atoms with Gasteiger partial charge in [-0.3, -0.25) is 14.6 Å². The second kappa shape index (κ2) is 18.5. The zero-order valence-corrected chi connectivity index (χ0v) is 26.5. The summed E-state index contributed by atoms with van der Waals surface area (Å²) in [5.74, 6) is -0.458. The molecule has 2 aromatic heterocycles. The number of ketones is 1. The molecular weight excluding hydrogens is 536 g/mol. The van der Waals surface area contributed by atoms with Gasteiger partial charge in [-0.25, -0.2) is 4.98 Å². The molecule has 0 radical (unpaired) electrons. The lowest BCUT2D eigenvalue weighted by molar-refractivity contribution is -0.126. The van der Waals surface area contributed by atoms with Crippen molar-refractivity contribution in [3.05, 3.63) is 77.5 Å². The number of piperidine rings is 1. The fourth-order valence-electron chi connectivity index (χ4n) is 4.38. The number of aromatic amines is 1. The molecule has 1 aliphatic heterocycles. The van der Waals surface area contributed by atoms with Crippen molar-refractivity contribution in [2.24, 2.45) is 4.99 Å². The predicted octanol–water partition coefficient (Wildman–Crippen LogP) is 7.33. The molecule has 0 bridgehead atoms. The van der Waals surface area contributed by atoms with Crippen molar-refractivity contribution in [2.45, 2.75) is 47.5 Å². The summed E-state index contributed by atoms with van der Waals surface area (Å²) < 4.78 is 10.7. The largest absolute Gasteiger partial charge is 0.494 e. The summed E-state index contributed by atoms with van der Waals surface area (Å²) in [4.78, 5) is 39.9. The van der Waals surface area contributed by atoms with Gasteiger partial charge in [0.05, 0.1) is 31.4 Å².